The molecule has 1 heterocycles. The molecule has 106 valence electrons. The van der Waals surface area contributed by atoms with Crippen LogP contribution in [0.2, 0.25) is 0 Å². The number of rotatable bonds is 3. The third-order valence-electron chi connectivity index (χ3n) is 3.08. The van der Waals surface area contributed by atoms with Crippen molar-refractivity contribution in [2.24, 2.45) is 0 Å². The molecule has 0 saturated heterocycles. The van der Waals surface area contributed by atoms with Gasteiger partial charge in [-0.25, -0.2) is 4.98 Å². The zero-order valence-electron chi connectivity index (χ0n) is 11.4. The van der Waals surface area contributed by atoms with Gasteiger partial charge in [0.1, 0.15) is 5.75 Å². The number of nitrogen functional groups attached to an aromatic ring is 1. The van der Waals surface area contributed by atoms with Crippen LogP contribution >= 0.6 is 0 Å². The first-order valence-electron chi connectivity index (χ1n) is 6.36. The highest BCUT2D eigenvalue weighted by Crippen LogP contribution is 2.19. The molecule has 0 spiro atoms. The summed E-state index contributed by atoms with van der Waals surface area (Å²) in [5.41, 5.74) is 7.36. The first kappa shape index (κ1) is 13.0. The van der Waals surface area contributed by atoms with Crippen molar-refractivity contribution in [1.82, 2.24) is 9.97 Å². The molecule has 0 unspecified atom stereocenters. The zero-order chi connectivity index (χ0) is 14.8. The lowest BCUT2D eigenvalue weighted by molar-refractivity contribution is 0.415. The summed E-state index contributed by atoms with van der Waals surface area (Å²) in [4.78, 5) is 19.1. The Labute approximate surface area is 120 Å². The Morgan fingerprint density at radius 2 is 1.95 bits per heavy atom. The molecular formula is C15H14N4O2. The molecule has 4 N–H and O–H groups in total. The van der Waals surface area contributed by atoms with E-state index < -0.39 is 0 Å². The van der Waals surface area contributed by atoms with Crippen LogP contribution in [0.15, 0.2) is 47.3 Å². The largest absolute Gasteiger partial charge is 0.497 e. The summed E-state index contributed by atoms with van der Waals surface area (Å²) >= 11 is 0. The molecule has 6 nitrogen and oxygen atoms in total. The molecule has 3 aromatic rings. The summed E-state index contributed by atoms with van der Waals surface area (Å²) in [6.07, 6.45) is 0. The minimum absolute atomic E-state index is 0.233. The second kappa shape index (κ2) is 5.16. The van der Waals surface area contributed by atoms with Crippen LogP contribution in [0.25, 0.3) is 10.9 Å². The highest BCUT2D eigenvalue weighted by molar-refractivity contribution is 5.82. The highest BCUT2D eigenvalue weighted by Gasteiger charge is 2.04. The van der Waals surface area contributed by atoms with Gasteiger partial charge in [0, 0.05) is 11.4 Å². The molecule has 0 amide bonds. The van der Waals surface area contributed by atoms with Gasteiger partial charge in [-0.3, -0.25) is 9.78 Å². The standard InChI is InChI=1S/C15H14N4O2/c1-21-11-5-3-10(4-6-11)17-15-18-13-7-2-9(16)8-12(13)14(20)19-15/h2-8H,16H2,1H3,(H2,17,18,19,20). The number of nitrogens with one attached hydrogen (secondary N) is 2. The average Bonchev–Trinajstić information content (AvgIpc) is 2.49. The summed E-state index contributed by atoms with van der Waals surface area (Å²) in [6.45, 7) is 0. The second-order valence-corrected chi connectivity index (χ2v) is 4.54. The van der Waals surface area contributed by atoms with Crippen molar-refractivity contribution in [3.05, 3.63) is 52.8 Å². The molecule has 2 aromatic carbocycles. The van der Waals surface area contributed by atoms with E-state index in [2.05, 4.69) is 15.3 Å². The summed E-state index contributed by atoms with van der Waals surface area (Å²) in [6, 6.07) is 12.4. The Hall–Kier alpha value is -3.02. The maximum absolute atomic E-state index is 12.0. The number of anilines is 3. The molecule has 21 heavy (non-hydrogen) atoms. The first-order chi connectivity index (χ1) is 10.2. The molecule has 6 heteroatoms. The number of hydrogen-bond acceptors (Lipinski definition) is 5. The number of fused-ring (bicyclic) bond motifs is 1. The monoisotopic (exact) mass is 282 g/mol. The number of benzene rings is 2. The molecule has 0 radical (unpaired) electrons. The molecule has 3 rings (SSSR count). The van der Waals surface area contributed by atoms with E-state index in [0.717, 1.165) is 11.4 Å². The molecule has 0 aliphatic carbocycles. The van der Waals surface area contributed by atoms with Crippen molar-refractivity contribution in [1.29, 1.82) is 0 Å². The highest BCUT2D eigenvalue weighted by atomic mass is 16.5. The van der Waals surface area contributed by atoms with Crippen molar-refractivity contribution in [2.75, 3.05) is 18.2 Å². The van der Waals surface area contributed by atoms with Gasteiger partial charge in [-0.15, -0.1) is 0 Å². The van der Waals surface area contributed by atoms with E-state index in [9.17, 15) is 4.79 Å². The van der Waals surface area contributed by atoms with Gasteiger partial charge in [0.2, 0.25) is 5.95 Å². The Balaban J connectivity index is 1.97. The second-order valence-electron chi connectivity index (χ2n) is 4.54. The van der Waals surface area contributed by atoms with Crippen molar-refractivity contribution >= 4 is 28.2 Å². The lowest BCUT2D eigenvalue weighted by Gasteiger charge is -2.07. The van der Waals surface area contributed by atoms with Gasteiger partial charge in [0.25, 0.3) is 5.56 Å². The molecule has 0 aliphatic rings. The fourth-order valence-corrected chi connectivity index (χ4v) is 2.03. The van der Waals surface area contributed by atoms with Crippen LogP contribution in [0.5, 0.6) is 5.75 Å². The van der Waals surface area contributed by atoms with Crippen molar-refractivity contribution in [2.45, 2.75) is 0 Å². The van der Waals surface area contributed by atoms with Gasteiger partial charge in [-0.1, -0.05) is 0 Å². The molecule has 0 saturated carbocycles. The first-order valence-corrected chi connectivity index (χ1v) is 6.36. The number of ether oxygens (including phenoxy) is 1. The van der Waals surface area contributed by atoms with Gasteiger partial charge in [-0.2, -0.15) is 0 Å². The quantitative estimate of drug-likeness (QED) is 0.641. The molecule has 0 fully saturated rings. The normalized spacial score (nSPS) is 10.5. The topological polar surface area (TPSA) is 93.0 Å². The van der Waals surface area contributed by atoms with Crippen LogP contribution in [0.4, 0.5) is 17.3 Å². The van der Waals surface area contributed by atoms with E-state index in [4.69, 9.17) is 10.5 Å². The molecule has 0 bridgehead atoms. The molecule has 0 atom stereocenters. The zero-order valence-corrected chi connectivity index (χ0v) is 11.4. The minimum atomic E-state index is -0.233. The number of nitrogens with two attached hydrogens (primary N) is 1. The Morgan fingerprint density at radius 1 is 1.19 bits per heavy atom. The van der Waals surface area contributed by atoms with E-state index in [0.29, 0.717) is 22.5 Å². The Morgan fingerprint density at radius 3 is 2.67 bits per heavy atom. The molecule has 1 aromatic heterocycles. The van der Waals surface area contributed by atoms with Crippen LogP contribution in [-0.4, -0.2) is 17.1 Å². The van der Waals surface area contributed by atoms with E-state index in [1.54, 1.807) is 25.3 Å². The van der Waals surface area contributed by atoms with Crippen molar-refractivity contribution in [3.63, 3.8) is 0 Å². The van der Waals surface area contributed by atoms with E-state index in [-0.39, 0.29) is 5.56 Å². The van der Waals surface area contributed by atoms with Crippen LogP contribution in [0.3, 0.4) is 0 Å². The lowest BCUT2D eigenvalue weighted by Crippen LogP contribution is -2.11. The smallest absolute Gasteiger partial charge is 0.260 e. The average molecular weight is 282 g/mol. The minimum Gasteiger partial charge on any atom is -0.497 e. The Bertz CT molecular complexity index is 840. The fraction of sp³-hybridized carbons (Fsp3) is 0.0667. The summed E-state index contributed by atoms with van der Waals surface area (Å²) < 4.78 is 5.09. The van der Waals surface area contributed by atoms with Gasteiger partial charge in [-0.05, 0) is 42.5 Å². The predicted molar refractivity (Wildman–Crippen MR) is 83.1 cm³/mol. The SMILES string of the molecule is COc1ccc(Nc2nc3ccc(N)cc3c(=O)[nH]2)cc1. The summed E-state index contributed by atoms with van der Waals surface area (Å²) in [5.74, 6) is 1.14. The number of aromatic nitrogens is 2. The lowest BCUT2D eigenvalue weighted by atomic mass is 10.2. The van der Waals surface area contributed by atoms with Gasteiger partial charge in [0.15, 0.2) is 0 Å². The maximum Gasteiger partial charge on any atom is 0.260 e. The van der Waals surface area contributed by atoms with Crippen LogP contribution in [0.1, 0.15) is 0 Å². The van der Waals surface area contributed by atoms with E-state index in [1.807, 2.05) is 24.3 Å². The molecular weight excluding hydrogens is 268 g/mol. The summed E-state index contributed by atoms with van der Waals surface area (Å²) in [7, 11) is 1.61. The van der Waals surface area contributed by atoms with Crippen molar-refractivity contribution in [3.8, 4) is 5.75 Å². The van der Waals surface area contributed by atoms with E-state index in [1.165, 1.54) is 0 Å². The third-order valence-corrected chi connectivity index (χ3v) is 3.08. The summed E-state index contributed by atoms with van der Waals surface area (Å²) in [5, 5.41) is 3.52. The van der Waals surface area contributed by atoms with Crippen LogP contribution in [-0.2, 0) is 0 Å². The van der Waals surface area contributed by atoms with Gasteiger partial charge >= 0.3 is 0 Å². The van der Waals surface area contributed by atoms with Crippen molar-refractivity contribution < 1.29 is 4.74 Å². The predicted octanol–water partition coefficient (Wildman–Crippen LogP) is 2.26. The number of hydrogen-bond donors (Lipinski definition) is 3. The molecule has 0 aliphatic heterocycles. The van der Waals surface area contributed by atoms with Crippen LogP contribution < -0.4 is 21.3 Å². The van der Waals surface area contributed by atoms with E-state index >= 15 is 0 Å². The number of nitrogens with zero attached hydrogens (tertiary/aromatic N) is 1. The number of aromatic amines is 1. The Kier molecular flexibility index (Phi) is 3.19. The van der Waals surface area contributed by atoms with Gasteiger partial charge < -0.3 is 15.8 Å². The third kappa shape index (κ3) is 2.64. The fourth-order valence-electron chi connectivity index (χ4n) is 2.03. The number of H-pyrrole nitrogens is 1. The van der Waals surface area contributed by atoms with Crippen LogP contribution in [0, 0.1) is 0 Å². The number of methoxy groups -OCH3 is 1. The van der Waals surface area contributed by atoms with Gasteiger partial charge in [0.05, 0.1) is 18.0 Å². The maximum atomic E-state index is 12.0.